The number of ether oxygens (including phenoxy) is 1. The second kappa shape index (κ2) is 12.6. The first-order valence-electron chi connectivity index (χ1n) is 11.4. The molecular formula is C25H32N4O4. The molecule has 1 aliphatic heterocycles. The van der Waals surface area contributed by atoms with Gasteiger partial charge in [-0.2, -0.15) is 0 Å². The van der Waals surface area contributed by atoms with E-state index in [9.17, 15) is 14.4 Å². The number of carbonyl (C=O) groups is 3. The fraction of sp³-hybridized carbons (Fsp3) is 0.400. The fourth-order valence-corrected chi connectivity index (χ4v) is 3.68. The van der Waals surface area contributed by atoms with Crippen LogP contribution in [0.5, 0.6) is 0 Å². The van der Waals surface area contributed by atoms with Crippen LogP contribution in [0.1, 0.15) is 46.4 Å². The highest BCUT2D eigenvalue weighted by atomic mass is 16.5. The maximum Gasteiger partial charge on any atom is 0.253 e. The maximum absolute atomic E-state index is 12.7. The van der Waals surface area contributed by atoms with Crippen LogP contribution in [0.2, 0.25) is 0 Å². The summed E-state index contributed by atoms with van der Waals surface area (Å²) in [4.78, 5) is 39.1. The summed E-state index contributed by atoms with van der Waals surface area (Å²) in [7, 11) is 1.58. The van der Waals surface area contributed by atoms with Crippen molar-refractivity contribution < 1.29 is 19.1 Å². The van der Waals surface area contributed by atoms with Gasteiger partial charge in [0.05, 0.1) is 13.2 Å². The average Bonchev–Trinajstić information content (AvgIpc) is 3.13. The van der Waals surface area contributed by atoms with Gasteiger partial charge in [-0.25, -0.2) is 0 Å². The van der Waals surface area contributed by atoms with E-state index < -0.39 is 0 Å². The topological polar surface area (TPSA) is 99.8 Å². The Morgan fingerprint density at radius 1 is 0.909 bits per heavy atom. The molecule has 0 spiro atoms. The number of hydrogen-bond donors (Lipinski definition) is 3. The van der Waals surface area contributed by atoms with E-state index in [0.717, 1.165) is 25.9 Å². The molecule has 1 aliphatic rings. The molecule has 0 unspecified atom stereocenters. The van der Waals surface area contributed by atoms with Gasteiger partial charge in [-0.1, -0.05) is 18.9 Å². The second-order valence-corrected chi connectivity index (χ2v) is 8.01. The Morgan fingerprint density at radius 2 is 1.64 bits per heavy atom. The van der Waals surface area contributed by atoms with Gasteiger partial charge < -0.3 is 25.6 Å². The SMILES string of the molecule is COCCNC(=O)c1cccc(NCC(=O)Nc2ccc(C(=O)N3CCCCCC3)cc2)c1. The molecule has 0 aliphatic carbocycles. The summed E-state index contributed by atoms with van der Waals surface area (Å²) < 4.78 is 4.93. The van der Waals surface area contributed by atoms with E-state index in [2.05, 4.69) is 16.0 Å². The smallest absolute Gasteiger partial charge is 0.253 e. The molecule has 0 saturated carbocycles. The predicted octanol–water partition coefficient (Wildman–Crippen LogP) is 3.13. The molecule has 3 rings (SSSR count). The van der Waals surface area contributed by atoms with E-state index in [1.54, 1.807) is 55.6 Å². The van der Waals surface area contributed by atoms with Gasteiger partial charge >= 0.3 is 0 Å². The minimum absolute atomic E-state index is 0.0441. The first-order chi connectivity index (χ1) is 16.1. The number of benzene rings is 2. The molecule has 3 N–H and O–H groups in total. The van der Waals surface area contributed by atoms with Crippen molar-refractivity contribution in [3.63, 3.8) is 0 Å². The lowest BCUT2D eigenvalue weighted by Gasteiger charge is -2.20. The number of methoxy groups -OCH3 is 1. The monoisotopic (exact) mass is 452 g/mol. The summed E-state index contributed by atoms with van der Waals surface area (Å²) in [6.07, 6.45) is 4.45. The molecule has 8 heteroatoms. The van der Waals surface area contributed by atoms with Crippen LogP contribution in [-0.2, 0) is 9.53 Å². The van der Waals surface area contributed by atoms with Crippen LogP contribution >= 0.6 is 0 Å². The molecule has 1 saturated heterocycles. The van der Waals surface area contributed by atoms with Crippen molar-refractivity contribution in [2.24, 2.45) is 0 Å². The largest absolute Gasteiger partial charge is 0.383 e. The normalized spacial score (nSPS) is 13.7. The van der Waals surface area contributed by atoms with Gasteiger partial charge in [0.1, 0.15) is 0 Å². The number of anilines is 2. The molecule has 3 amide bonds. The van der Waals surface area contributed by atoms with Crippen LogP contribution in [0.25, 0.3) is 0 Å². The molecule has 1 heterocycles. The predicted molar refractivity (Wildman–Crippen MR) is 129 cm³/mol. The summed E-state index contributed by atoms with van der Waals surface area (Å²) in [6, 6.07) is 13.9. The third-order valence-electron chi connectivity index (χ3n) is 5.48. The molecule has 176 valence electrons. The number of nitrogens with zero attached hydrogens (tertiary/aromatic N) is 1. The first-order valence-corrected chi connectivity index (χ1v) is 11.4. The molecule has 8 nitrogen and oxygen atoms in total. The molecular weight excluding hydrogens is 420 g/mol. The first kappa shape index (κ1) is 24.3. The summed E-state index contributed by atoms with van der Waals surface area (Å²) in [6.45, 7) is 2.52. The van der Waals surface area contributed by atoms with Crippen molar-refractivity contribution in [1.29, 1.82) is 0 Å². The fourth-order valence-electron chi connectivity index (χ4n) is 3.68. The number of likely N-dealkylation sites (tertiary alicyclic amines) is 1. The zero-order valence-electron chi connectivity index (χ0n) is 19.1. The molecule has 0 bridgehead atoms. The Hall–Kier alpha value is -3.39. The second-order valence-electron chi connectivity index (χ2n) is 8.01. The van der Waals surface area contributed by atoms with Gasteiger partial charge in [-0.05, 0) is 55.3 Å². The van der Waals surface area contributed by atoms with Crippen LogP contribution in [-0.4, -0.2) is 62.5 Å². The Bertz CT molecular complexity index is 938. The van der Waals surface area contributed by atoms with Gasteiger partial charge in [0.25, 0.3) is 11.8 Å². The van der Waals surface area contributed by atoms with Crippen molar-refractivity contribution in [2.75, 3.05) is 50.5 Å². The number of amides is 3. The summed E-state index contributed by atoms with van der Waals surface area (Å²) in [5.74, 6) is -0.380. The highest BCUT2D eigenvalue weighted by Gasteiger charge is 2.17. The van der Waals surface area contributed by atoms with Gasteiger partial charge in [0, 0.05) is 49.2 Å². The molecule has 0 aromatic heterocycles. The molecule has 0 atom stereocenters. The van der Waals surface area contributed by atoms with E-state index in [0.29, 0.717) is 35.7 Å². The molecule has 0 radical (unpaired) electrons. The zero-order valence-corrected chi connectivity index (χ0v) is 19.1. The minimum Gasteiger partial charge on any atom is -0.383 e. The van der Waals surface area contributed by atoms with Crippen molar-refractivity contribution in [2.45, 2.75) is 25.7 Å². The number of carbonyl (C=O) groups excluding carboxylic acids is 3. The van der Waals surface area contributed by atoms with Gasteiger partial charge in [-0.3, -0.25) is 14.4 Å². The zero-order chi connectivity index (χ0) is 23.5. The minimum atomic E-state index is -0.225. The lowest BCUT2D eigenvalue weighted by atomic mass is 10.1. The van der Waals surface area contributed by atoms with Crippen LogP contribution in [0.15, 0.2) is 48.5 Å². The highest BCUT2D eigenvalue weighted by Crippen LogP contribution is 2.16. The Balaban J connectivity index is 1.48. The summed E-state index contributed by atoms with van der Waals surface area (Å²) in [5.41, 5.74) is 2.43. The maximum atomic E-state index is 12.7. The third-order valence-corrected chi connectivity index (χ3v) is 5.48. The van der Waals surface area contributed by atoms with Crippen molar-refractivity contribution in [3.05, 3.63) is 59.7 Å². The van der Waals surface area contributed by atoms with E-state index >= 15 is 0 Å². The van der Waals surface area contributed by atoms with Crippen molar-refractivity contribution in [1.82, 2.24) is 10.2 Å². The average molecular weight is 453 g/mol. The highest BCUT2D eigenvalue weighted by molar-refractivity contribution is 5.97. The van der Waals surface area contributed by atoms with E-state index in [1.807, 2.05) is 4.90 Å². The Kier molecular flexibility index (Phi) is 9.26. The summed E-state index contributed by atoms with van der Waals surface area (Å²) >= 11 is 0. The van der Waals surface area contributed by atoms with E-state index in [4.69, 9.17) is 4.74 Å². The molecule has 33 heavy (non-hydrogen) atoms. The van der Waals surface area contributed by atoms with Crippen LogP contribution in [0.4, 0.5) is 11.4 Å². The van der Waals surface area contributed by atoms with Crippen molar-refractivity contribution in [3.8, 4) is 0 Å². The van der Waals surface area contributed by atoms with Crippen LogP contribution in [0, 0.1) is 0 Å². The molecule has 2 aromatic carbocycles. The van der Waals surface area contributed by atoms with Crippen LogP contribution < -0.4 is 16.0 Å². The standard InChI is InChI=1S/C25H32N4O4/c1-33-16-13-26-24(31)20-7-6-8-22(17-20)27-18-23(30)28-21-11-9-19(10-12-21)25(32)29-14-4-2-3-5-15-29/h6-12,17,27H,2-5,13-16,18H2,1H3,(H,26,31)(H,28,30). The number of rotatable bonds is 9. The van der Waals surface area contributed by atoms with Gasteiger partial charge in [0.15, 0.2) is 0 Å². The molecule has 1 fully saturated rings. The lowest BCUT2D eigenvalue weighted by molar-refractivity contribution is -0.114. The third kappa shape index (κ3) is 7.61. The van der Waals surface area contributed by atoms with E-state index in [-0.39, 0.29) is 24.3 Å². The number of nitrogens with one attached hydrogen (secondary N) is 3. The van der Waals surface area contributed by atoms with Gasteiger partial charge in [-0.15, -0.1) is 0 Å². The Labute approximate surface area is 194 Å². The summed E-state index contributed by atoms with van der Waals surface area (Å²) in [5, 5.41) is 8.61. The molecule has 2 aromatic rings. The van der Waals surface area contributed by atoms with E-state index in [1.165, 1.54) is 12.8 Å². The quantitative estimate of drug-likeness (QED) is 0.508. The van der Waals surface area contributed by atoms with Crippen molar-refractivity contribution >= 4 is 29.1 Å². The van der Waals surface area contributed by atoms with Gasteiger partial charge in [0.2, 0.25) is 5.91 Å². The Morgan fingerprint density at radius 3 is 2.33 bits per heavy atom. The number of hydrogen-bond acceptors (Lipinski definition) is 5. The lowest BCUT2D eigenvalue weighted by Crippen LogP contribution is -2.31. The van der Waals surface area contributed by atoms with Crippen LogP contribution in [0.3, 0.4) is 0 Å².